The van der Waals surface area contributed by atoms with Crippen molar-refractivity contribution < 1.29 is 0 Å². The lowest BCUT2D eigenvalue weighted by Gasteiger charge is -2.31. The standard InChI is InChI=1S/C23H26N6O/c1-4-27-9-7-17(8-10-27)18-5-6-22-25-19(12-23(30)28(22)14-18)20-11-21-16(3)24-15(2)13-29(21)26-20/h5-6,11-14,17H,4,7-10H2,1-3H3. The third-order valence-corrected chi connectivity index (χ3v) is 6.21. The van der Waals surface area contributed by atoms with Crippen LogP contribution in [0.2, 0.25) is 0 Å². The summed E-state index contributed by atoms with van der Waals surface area (Å²) in [6.45, 7) is 9.46. The first-order valence-corrected chi connectivity index (χ1v) is 10.6. The molecule has 1 aliphatic heterocycles. The lowest BCUT2D eigenvalue weighted by molar-refractivity contribution is 0.222. The number of pyridine rings is 1. The zero-order chi connectivity index (χ0) is 20.8. The Morgan fingerprint density at radius 2 is 1.83 bits per heavy atom. The Labute approximate surface area is 175 Å². The van der Waals surface area contributed by atoms with Crippen LogP contribution in [0.15, 0.2) is 41.5 Å². The van der Waals surface area contributed by atoms with Crippen molar-refractivity contribution in [3.05, 3.63) is 64.0 Å². The molecule has 7 heteroatoms. The maximum absolute atomic E-state index is 12.9. The number of aryl methyl sites for hydroxylation is 2. The van der Waals surface area contributed by atoms with Gasteiger partial charge in [0.25, 0.3) is 5.56 Å². The summed E-state index contributed by atoms with van der Waals surface area (Å²) in [5.41, 5.74) is 5.79. The highest BCUT2D eigenvalue weighted by molar-refractivity contribution is 5.66. The summed E-state index contributed by atoms with van der Waals surface area (Å²) in [5, 5.41) is 4.62. The smallest absolute Gasteiger partial charge is 0.258 e. The Morgan fingerprint density at radius 1 is 1.03 bits per heavy atom. The second-order valence-corrected chi connectivity index (χ2v) is 8.21. The van der Waals surface area contributed by atoms with Gasteiger partial charge in [0.2, 0.25) is 0 Å². The molecule has 5 heterocycles. The van der Waals surface area contributed by atoms with E-state index < -0.39 is 0 Å². The van der Waals surface area contributed by atoms with Crippen molar-refractivity contribution in [3.8, 4) is 11.4 Å². The Kier molecular flexibility index (Phi) is 4.62. The molecule has 4 aromatic heterocycles. The van der Waals surface area contributed by atoms with E-state index in [-0.39, 0.29) is 5.56 Å². The van der Waals surface area contributed by atoms with Gasteiger partial charge in [-0.15, -0.1) is 0 Å². The van der Waals surface area contributed by atoms with Gasteiger partial charge in [0.1, 0.15) is 11.3 Å². The van der Waals surface area contributed by atoms with Crippen molar-refractivity contribution >= 4 is 11.2 Å². The highest BCUT2D eigenvalue weighted by Crippen LogP contribution is 2.28. The number of nitrogens with zero attached hydrogens (tertiary/aromatic N) is 6. The zero-order valence-electron chi connectivity index (χ0n) is 17.7. The second kappa shape index (κ2) is 7.32. The van der Waals surface area contributed by atoms with Crippen LogP contribution in [0.4, 0.5) is 0 Å². The Bertz CT molecular complexity index is 1300. The van der Waals surface area contributed by atoms with Crippen LogP contribution in [0.3, 0.4) is 0 Å². The fraction of sp³-hybridized carbons (Fsp3) is 0.391. The molecule has 1 fully saturated rings. The molecule has 0 bridgehead atoms. The lowest BCUT2D eigenvalue weighted by Crippen LogP contribution is -2.32. The van der Waals surface area contributed by atoms with E-state index >= 15 is 0 Å². The van der Waals surface area contributed by atoms with E-state index in [1.54, 1.807) is 10.5 Å². The van der Waals surface area contributed by atoms with Crippen molar-refractivity contribution in [1.82, 2.24) is 28.9 Å². The molecule has 7 nitrogen and oxygen atoms in total. The second-order valence-electron chi connectivity index (χ2n) is 8.21. The van der Waals surface area contributed by atoms with Gasteiger partial charge in [-0.2, -0.15) is 5.10 Å². The van der Waals surface area contributed by atoms with Crippen molar-refractivity contribution in [1.29, 1.82) is 0 Å². The normalized spacial score (nSPS) is 16.0. The number of hydrogen-bond acceptors (Lipinski definition) is 5. The molecule has 0 spiro atoms. The van der Waals surface area contributed by atoms with Crippen LogP contribution < -0.4 is 5.56 Å². The van der Waals surface area contributed by atoms with Gasteiger partial charge in [-0.3, -0.25) is 14.2 Å². The van der Waals surface area contributed by atoms with Crippen LogP contribution in [0.25, 0.3) is 22.6 Å². The largest absolute Gasteiger partial charge is 0.304 e. The minimum atomic E-state index is -0.0778. The highest BCUT2D eigenvalue weighted by Gasteiger charge is 2.20. The molecule has 0 amide bonds. The van der Waals surface area contributed by atoms with Crippen LogP contribution >= 0.6 is 0 Å². The van der Waals surface area contributed by atoms with Crippen molar-refractivity contribution in [2.75, 3.05) is 19.6 Å². The van der Waals surface area contributed by atoms with Gasteiger partial charge in [-0.05, 0) is 69.9 Å². The van der Waals surface area contributed by atoms with Crippen LogP contribution in [-0.2, 0) is 0 Å². The molecular formula is C23H26N6O. The van der Waals surface area contributed by atoms with Crippen LogP contribution in [0, 0.1) is 13.8 Å². The quantitative estimate of drug-likeness (QED) is 0.526. The van der Waals surface area contributed by atoms with E-state index in [2.05, 4.69) is 28.0 Å². The van der Waals surface area contributed by atoms with Gasteiger partial charge in [0.15, 0.2) is 0 Å². The molecule has 4 aromatic rings. The first-order valence-electron chi connectivity index (χ1n) is 10.6. The first-order chi connectivity index (χ1) is 14.5. The number of hydrogen-bond donors (Lipinski definition) is 0. The number of piperidine rings is 1. The molecule has 0 atom stereocenters. The van der Waals surface area contributed by atoms with Gasteiger partial charge < -0.3 is 4.90 Å². The van der Waals surface area contributed by atoms with E-state index in [9.17, 15) is 4.79 Å². The minimum Gasteiger partial charge on any atom is -0.304 e. The van der Waals surface area contributed by atoms with Gasteiger partial charge in [-0.1, -0.05) is 13.0 Å². The molecular weight excluding hydrogens is 376 g/mol. The van der Waals surface area contributed by atoms with Gasteiger partial charge in [0.05, 0.1) is 28.8 Å². The lowest BCUT2D eigenvalue weighted by atomic mass is 9.90. The summed E-state index contributed by atoms with van der Waals surface area (Å²) in [7, 11) is 0. The Balaban J connectivity index is 1.52. The fourth-order valence-electron chi connectivity index (χ4n) is 4.49. The van der Waals surface area contributed by atoms with Crippen molar-refractivity contribution in [2.24, 2.45) is 0 Å². The maximum Gasteiger partial charge on any atom is 0.258 e. The number of likely N-dealkylation sites (tertiary alicyclic amines) is 1. The SMILES string of the molecule is CCN1CCC(c2ccc3nc(-c4cc5c(C)nc(C)cn5n4)cc(=O)n3c2)CC1. The molecule has 0 radical (unpaired) electrons. The monoisotopic (exact) mass is 402 g/mol. The molecule has 0 aromatic carbocycles. The van der Waals surface area contributed by atoms with E-state index in [0.29, 0.717) is 23.0 Å². The van der Waals surface area contributed by atoms with Crippen molar-refractivity contribution in [2.45, 2.75) is 39.5 Å². The van der Waals surface area contributed by atoms with Crippen molar-refractivity contribution in [3.63, 3.8) is 0 Å². The van der Waals surface area contributed by atoms with Crippen LogP contribution in [0.5, 0.6) is 0 Å². The molecule has 1 saturated heterocycles. The highest BCUT2D eigenvalue weighted by atomic mass is 16.1. The summed E-state index contributed by atoms with van der Waals surface area (Å²) in [5.74, 6) is 0.501. The molecule has 0 unspecified atom stereocenters. The average Bonchev–Trinajstić information content (AvgIpc) is 3.18. The summed E-state index contributed by atoms with van der Waals surface area (Å²) in [4.78, 5) is 24.6. The number of fused-ring (bicyclic) bond motifs is 2. The van der Waals surface area contributed by atoms with E-state index in [4.69, 9.17) is 4.98 Å². The van der Waals surface area contributed by atoms with E-state index in [1.807, 2.05) is 42.9 Å². The molecule has 0 N–H and O–H groups in total. The fourth-order valence-corrected chi connectivity index (χ4v) is 4.49. The number of aromatic nitrogens is 5. The third kappa shape index (κ3) is 3.29. The predicted molar refractivity (Wildman–Crippen MR) is 117 cm³/mol. The first kappa shape index (κ1) is 18.9. The van der Waals surface area contributed by atoms with E-state index in [1.165, 1.54) is 5.56 Å². The van der Waals surface area contributed by atoms with Gasteiger partial charge in [-0.25, -0.2) is 9.50 Å². The molecule has 5 rings (SSSR count). The predicted octanol–water partition coefficient (Wildman–Crippen LogP) is 3.22. The molecule has 0 aliphatic carbocycles. The van der Waals surface area contributed by atoms with Crippen LogP contribution in [-0.4, -0.2) is 48.5 Å². The van der Waals surface area contributed by atoms with E-state index in [0.717, 1.165) is 49.4 Å². The molecule has 1 aliphatic rings. The maximum atomic E-state index is 12.9. The summed E-state index contributed by atoms with van der Waals surface area (Å²) >= 11 is 0. The summed E-state index contributed by atoms with van der Waals surface area (Å²) in [6, 6.07) is 7.60. The average molecular weight is 403 g/mol. The van der Waals surface area contributed by atoms with Crippen LogP contribution in [0.1, 0.15) is 42.6 Å². The third-order valence-electron chi connectivity index (χ3n) is 6.21. The Hall–Kier alpha value is -3.06. The number of rotatable bonds is 3. The molecule has 30 heavy (non-hydrogen) atoms. The van der Waals surface area contributed by atoms with Gasteiger partial charge in [0, 0.05) is 12.3 Å². The topological polar surface area (TPSA) is 67.8 Å². The summed E-state index contributed by atoms with van der Waals surface area (Å²) < 4.78 is 3.47. The zero-order valence-corrected chi connectivity index (χ0v) is 17.7. The van der Waals surface area contributed by atoms with Gasteiger partial charge >= 0.3 is 0 Å². The summed E-state index contributed by atoms with van der Waals surface area (Å²) in [6.07, 6.45) is 6.12. The Morgan fingerprint density at radius 3 is 2.60 bits per heavy atom. The molecule has 0 saturated carbocycles. The molecule has 154 valence electrons. The minimum absolute atomic E-state index is 0.0778.